The molecule has 0 saturated carbocycles. The predicted molar refractivity (Wildman–Crippen MR) is 73.3 cm³/mol. The third kappa shape index (κ3) is 2.64. The lowest BCUT2D eigenvalue weighted by atomic mass is 10.1. The summed E-state index contributed by atoms with van der Waals surface area (Å²) in [4.78, 5) is 23.3. The standard InChI is InChI=1S/C14H14N2O4/c1-16-7-3-4-12(16)13(17)15-11-6-5-9(20-2)8-10(11)14(18)19/h3-8H,1-2H3,(H,15,17)(H,18,19). The largest absolute Gasteiger partial charge is 0.497 e. The van der Waals surface area contributed by atoms with Crippen LogP contribution in [0.2, 0.25) is 0 Å². The van der Waals surface area contributed by atoms with Gasteiger partial charge in [0.2, 0.25) is 0 Å². The van der Waals surface area contributed by atoms with Crippen LogP contribution in [0.25, 0.3) is 0 Å². The van der Waals surface area contributed by atoms with Gasteiger partial charge in [0, 0.05) is 13.2 Å². The van der Waals surface area contributed by atoms with Crippen molar-refractivity contribution >= 4 is 17.6 Å². The van der Waals surface area contributed by atoms with E-state index >= 15 is 0 Å². The molecule has 0 aliphatic carbocycles. The quantitative estimate of drug-likeness (QED) is 0.893. The number of aromatic carboxylic acids is 1. The molecule has 1 aromatic carbocycles. The molecule has 2 aromatic rings. The summed E-state index contributed by atoms with van der Waals surface area (Å²) < 4.78 is 6.63. The van der Waals surface area contributed by atoms with E-state index in [4.69, 9.17) is 4.74 Å². The van der Waals surface area contributed by atoms with Gasteiger partial charge in [-0.15, -0.1) is 0 Å². The van der Waals surface area contributed by atoms with Crippen molar-refractivity contribution in [3.8, 4) is 5.75 Å². The SMILES string of the molecule is COc1ccc(NC(=O)c2cccn2C)c(C(=O)O)c1. The first-order chi connectivity index (χ1) is 9.52. The molecule has 20 heavy (non-hydrogen) atoms. The van der Waals surface area contributed by atoms with Gasteiger partial charge in [-0.3, -0.25) is 4.79 Å². The number of anilines is 1. The highest BCUT2D eigenvalue weighted by molar-refractivity contribution is 6.07. The third-order valence-corrected chi connectivity index (χ3v) is 2.88. The number of carbonyl (C=O) groups excluding carboxylic acids is 1. The van der Waals surface area contributed by atoms with Crippen LogP contribution in [0.1, 0.15) is 20.8 Å². The smallest absolute Gasteiger partial charge is 0.337 e. The number of ether oxygens (including phenoxy) is 1. The maximum Gasteiger partial charge on any atom is 0.337 e. The maximum absolute atomic E-state index is 12.1. The predicted octanol–water partition coefficient (Wildman–Crippen LogP) is 1.98. The lowest BCUT2D eigenvalue weighted by Crippen LogP contribution is -2.17. The normalized spacial score (nSPS) is 10.1. The van der Waals surface area contributed by atoms with Crippen LogP contribution >= 0.6 is 0 Å². The highest BCUT2D eigenvalue weighted by Gasteiger charge is 2.15. The van der Waals surface area contributed by atoms with Crippen LogP contribution in [-0.2, 0) is 7.05 Å². The number of hydrogen-bond donors (Lipinski definition) is 2. The van der Waals surface area contributed by atoms with Crippen LogP contribution in [0.5, 0.6) is 5.75 Å². The van der Waals surface area contributed by atoms with Crippen molar-refractivity contribution in [1.82, 2.24) is 4.57 Å². The molecule has 6 heteroatoms. The number of carboxylic acid groups (broad SMARTS) is 1. The zero-order valence-corrected chi connectivity index (χ0v) is 11.1. The van der Waals surface area contributed by atoms with Gasteiger partial charge in [0.05, 0.1) is 18.4 Å². The number of aryl methyl sites for hydroxylation is 1. The van der Waals surface area contributed by atoms with Crippen molar-refractivity contribution in [1.29, 1.82) is 0 Å². The fourth-order valence-corrected chi connectivity index (χ4v) is 1.82. The molecule has 0 radical (unpaired) electrons. The van der Waals surface area contributed by atoms with Gasteiger partial charge in [-0.25, -0.2) is 4.79 Å². The van der Waals surface area contributed by atoms with E-state index in [1.165, 1.54) is 19.2 Å². The summed E-state index contributed by atoms with van der Waals surface area (Å²) >= 11 is 0. The van der Waals surface area contributed by atoms with Crippen LogP contribution in [0, 0.1) is 0 Å². The summed E-state index contributed by atoms with van der Waals surface area (Å²) in [6.45, 7) is 0. The van der Waals surface area contributed by atoms with Gasteiger partial charge < -0.3 is 19.7 Å². The molecule has 104 valence electrons. The number of carboxylic acids is 1. The van der Waals surface area contributed by atoms with Crippen molar-refractivity contribution in [2.45, 2.75) is 0 Å². The zero-order valence-electron chi connectivity index (χ0n) is 11.1. The molecule has 0 aliphatic rings. The third-order valence-electron chi connectivity index (χ3n) is 2.88. The van der Waals surface area contributed by atoms with E-state index in [1.54, 1.807) is 36.0 Å². The number of nitrogens with zero attached hydrogens (tertiary/aromatic N) is 1. The van der Waals surface area contributed by atoms with Gasteiger partial charge in [-0.05, 0) is 30.3 Å². The summed E-state index contributed by atoms with van der Waals surface area (Å²) in [6.07, 6.45) is 1.74. The lowest BCUT2D eigenvalue weighted by Gasteiger charge is -2.10. The Morgan fingerprint density at radius 1 is 1.30 bits per heavy atom. The Morgan fingerprint density at radius 3 is 2.60 bits per heavy atom. The monoisotopic (exact) mass is 274 g/mol. The van der Waals surface area contributed by atoms with E-state index in [0.29, 0.717) is 11.4 Å². The van der Waals surface area contributed by atoms with Gasteiger partial charge in [0.25, 0.3) is 5.91 Å². The molecular formula is C14H14N2O4. The Morgan fingerprint density at radius 2 is 2.05 bits per heavy atom. The van der Waals surface area contributed by atoms with Crippen molar-refractivity contribution < 1.29 is 19.4 Å². The minimum atomic E-state index is -1.13. The van der Waals surface area contributed by atoms with Gasteiger partial charge >= 0.3 is 5.97 Å². The van der Waals surface area contributed by atoms with Crippen molar-refractivity contribution in [3.05, 3.63) is 47.8 Å². The average Bonchev–Trinajstić information content (AvgIpc) is 2.85. The Balaban J connectivity index is 2.32. The van der Waals surface area contributed by atoms with Crippen molar-refractivity contribution in [2.24, 2.45) is 7.05 Å². The van der Waals surface area contributed by atoms with Gasteiger partial charge in [0.1, 0.15) is 11.4 Å². The van der Waals surface area contributed by atoms with E-state index < -0.39 is 5.97 Å². The maximum atomic E-state index is 12.1. The molecule has 0 fully saturated rings. The number of hydrogen-bond acceptors (Lipinski definition) is 3. The molecule has 1 aromatic heterocycles. The van der Waals surface area contributed by atoms with Crippen LogP contribution in [0.4, 0.5) is 5.69 Å². The summed E-state index contributed by atoms with van der Waals surface area (Å²) in [7, 11) is 3.18. The van der Waals surface area contributed by atoms with E-state index in [1.807, 2.05) is 0 Å². The van der Waals surface area contributed by atoms with Crippen molar-refractivity contribution in [2.75, 3.05) is 12.4 Å². The van der Waals surface area contributed by atoms with Gasteiger partial charge in [0.15, 0.2) is 0 Å². The molecule has 6 nitrogen and oxygen atoms in total. The number of carbonyl (C=O) groups is 2. The fourth-order valence-electron chi connectivity index (χ4n) is 1.82. The molecule has 0 bridgehead atoms. The number of benzene rings is 1. The number of amides is 1. The Kier molecular flexibility index (Phi) is 3.74. The summed E-state index contributed by atoms with van der Waals surface area (Å²) in [6, 6.07) is 7.85. The molecule has 2 rings (SSSR count). The highest BCUT2D eigenvalue weighted by Crippen LogP contribution is 2.22. The first-order valence-electron chi connectivity index (χ1n) is 5.87. The minimum Gasteiger partial charge on any atom is -0.497 e. The lowest BCUT2D eigenvalue weighted by molar-refractivity contribution is 0.0697. The van der Waals surface area contributed by atoms with E-state index in [9.17, 15) is 14.7 Å². The molecule has 1 amide bonds. The molecule has 0 spiro atoms. The molecular weight excluding hydrogens is 260 g/mol. The fraction of sp³-hybridized carbons (Fsp3) is 0.143. The average molecular weight is 274 g/mol. The van der Waals surface area contributed by atoms with Crippen LogP contribution in [-0.4, -0.2) is 28.7 Å². The molecule has 0 aliphatic heterocycles. The second-order valence-electron chi connectivity index (χ2n) is 4.18. The van der Waals surface area contributed by atoms with Crippen LogP contribution in [0.3, 0.4) is 0 Å². The molecule has 0 saturated heterocycles. The number of methoxy groups -OCH3 is 1. The Hall–Kier alpha value is -2.76. The van der Waals surface area contributed by atoms with E-state index in [2.05, 4.69) is 5.32 Å². The zero-order chi connectivity index (χ0) is 14.7. The number of nitrogens with one attached hydrogen (secondary N) is 1. The summed E-state index contributed by atoms with van der Waals surface area (Å²) in [5.74, 6) is -1.09. The van der Waals surface area contributed by atoms with Gasteiger partial charge in [-0.1, -0.05) is 0 Å². The topological polar surface area (TPSA) is 80.6 Å². The molecule has 0 unspecified atom stereocenters. The minimum absolute atomic E-state index is 0.0214. The van der Waals surface area contributed by atoms with Gasteiger partial charge in [-0.2, -0.15) is 0 Å². The Bertz CT molecular complexity index is 661. The van der Waals surface area contributed by atoms with E-state index in [-0.39, 0.29) is 17.2 Å². The van der Waals surface area contributed by atoms with E-state index in [0.717, 1.165) is 0 Å². The molecule has 2 N–H and O–H groups in total. The number of aromatic nitrogens is 1. The second-order valence-corrected chi connectivity index (χ2v) is 4.18. The second kappa shape index (κ2) is 5.48. The first kappa shape index (κ1) is 13.7. The number of rotatable bonds is 4. The van der Waals surface area contributed by atoms with Crippen molar-refractivity contribution in [3.63, 3.8) is 0 Å². The molecule has 1 heterocycles. The Labute approximate surface area is 115 Å². The highest BCUT2D eigenvalue weighted by atomic mass is 16.5. The first-order valence-corrected chi connectivity index (χ1v) is 5.87. The molecule has 0 atom stereocenters. The summed E-state index contributed by atoms with van der Waals surface area (Å²) in [5, 5.41) is 11.8. The van der Waals surface area contributed by atoms with Crippen LogP contribution < -0.4 is 10.1 Å². The summed E-state index contributed by atoms with van der Waals surface area (Å²) in [5.41, 5.74) is 0.647. The van der Waals surface area contributed by atoms with Crippen LogP contribution in [0.15, 0.2) is 36.5 Å².